The average Bonchev–Trinajstić information content (AvgIpc) is 2.39. The summed E-state index contributed by atoms with van der Waals surface area (Å²) in [5.74, 6) is 1.13. The molecule has 1 rings (SSSR count). The third-order valence-corrected chi connectivity index (χ3v) is 3.53. The highest BCUT2D eigenvalue weighted by Gasteiger charge is 2.21. The summed E-state index contributed by atoms with van der Waals surface area (Å²) >= 11 is 0. The molecule has 2 unspecified atom stereocenters. The molecule has 0 spiro atoms. The molecular weight excluding hydrogens is 234 g/mol. The van der Waals surface area contributed by atoms with Crippen LogP contribution in [0.15, 0.2) is 30.3 Å². The Labute approximate surface area is 118 Å². The highest BCUT2D eigenvalue weighted by Crippen LogP contribution is 2.23. The van der Waals surface area contributed by atoms with Crippen LogP contribution >= 0.6 is 0 Å². The lowest BCUT2D eigenvalue weighted by Gasteiger charge is -2.31. The highest BCUT2D eigenvalue weighted by molar-refractivity contribution is 5.19. The second kappa shape index (κ2) is 8.34. The average molecular weight is 263 g/mol. The van der Waals surface area contributed by atoms with Gasteiger partial charge < -0.3 is 10.1 Å². The second-order valence-corrected chi connectivity index (χ2v) is 5.81. The van der Waals surface area contributed by atoms with Crippen LogP contribution in [0.2, 0.25) is 0 Å². The number of ether oxygens (including phenoxy) is 1. The van der Waals surface area contributed by atoms with Crippen molar-refractivity contribution in [2.24, 2.45) is 11.8 Å². The zero-order valence-corrected chi connectivity index (χ0v) is 13.0. The molecule has 19 heavy (non-hydrogen) atoms. The summed E-state index contributed by atoms with van der Waals surface area (Å²) in [6.45, 7) is 12.6. The van der Waals surface area contributed by atoms with E-state index in [1.165, 1.54) is 5.56 Å². The normalized spacial score (nSPS) is 14.9. The summed E-state index contributed by atoms with van der Waals surface area (Å²) < 4.78 is 5.61. The van der Waals surface area contributed by atoms with E-state index in [1.54, 1.807) is 0 Å². The van der Waals surface area contributed by atoms with Crippen LogP contribution in [0.1, 0.15) is 46.2 Å². The molecule has 0 bridgehead atoms. The molecule has 0 saturated heterocycles. The summed E-state index contributed by atoms with van der Waals surface area (Å²) in [6, 6.07) is 11.5. The van der Waals surface area contributed by atoms with Gasteiger partial charge in [0.15, 0.2) is 0 Å². The minimum absolute atomic E-state index is 0.383. The summed E-state index contributed by atoms with van der Waals surface area (Å²) in [5, 5.41) is 3.78. The molecule has 0 amide bonds. The van der Waals surface area contributed by atoms with E-state index in [0.29, 0.717) is 23.9 Å². The lowest BCUT2D eigenvalue weighted by atomic mass is 9.93. The molecule has 0 aliphatic rings. The Morgan fingerprint density at radius 3 is 2.11 bits per heavy atom. The van der Waals surface area contributed by atoms with Crippen molar-refractivity contribution in [2.45, 2.75) is 46.7 Å². The van der Waals surface area contributed by atoms with Gasteiger partial charge in [-0.3, -0.25) is 0 Å². The van der Waals surface area contributed by atoms with E-state index in [0.717, 1.165) is 13.2 Å². The number of hydrogen-bond acceptors (Lipinski definition) is 2. The molecule has 0 aliphatic carbocycles. The van der Waals surface area contributed by atoms with E-state index in [1.807, 2.05) is 0 Å². The van der Waals surface area contributed by atoms with Crippen LogP contribution in [0.3, 0.4) is 0 Å². The van der Waals surface area contributed by atoms with Gasteiger partial charge in [0.1, 0.15) is 0 Å². The van der Waals surface area contributed by atoms with Gasteiger partial charge in [0.25, 0.3) is 0 Å². The summed E-state index contributed by atoms with van der Waals surface area (Å²) in [5.41, 5.74) is 1.36. The largest absolute Gasteiger partial charge is 0.380 e. The fourth-order valence-corrected chi connectivity index (χ4v) is 2.24. The van der Waals surface area contributed by atoms with Gasteiger partial charge in [-0.2, -0.15) is 0 Å². The van der Waals surface area contributed by atoms with Crippen LogP contribution in [0.25, 0.3) is 0 Å². The number of rotatable bonds is 8. The third kappa shape index (κ3) is 5.33. The van der Waals surface area contributed by atoms with Crippen molar-refractivity contribution < 1.29 is 4.74 Å². The van der Waals surface area contributed by atoms with Crippen molar-refractivity contribution in [2.75, 3.05) is 13.2 Å². The molecule has 0 fully saturated rings. The third-order valence-electron chi connectivity index (χ3n) is 3.53. The monoisotopic (exact) mass is 263 g/mol. The molecule has 108 valence electrons. The lowest BCUT2D eigenvalue weighted by molar-refractivity contribution is 0.0999. The Kier molecular flexibility index (Phi) is 7.11. The predicted molar refractivity (Wildman–Crippen MR) is 82.3 cm³/mol. The van der Waals surface area contributed by atoms with Crippen LogP contribution in [0, 0.1) is 11.8 Å². The Morgan fingerprint density at radius 1 is 1.00 bits per heavy atom. The van der Waals surface area contributed by atoms with Crippen LogP contribution in [0.5, 0.6) is 0 Å². The van der Waals surface area contributed by atoms with Crippen LogP contribution < -0.4 is 5.32 Å². The first-order chi connectivity index (χ1) is 9.06. The molecule has 0 saturated carbocycles. The first-order valence-corrected chi connectivity index (χ1v) is 7.45. The summed E-state index contributed by atoms with van der Waals surface area (Å²) in [7, 11) is 0. The molecule has 1 aromatic rings. The SMILES string of the molecule is CCOCC(NC(c1ccccc1)C(C)C)C(C)C. The Bertz CT molecular complexity index is 334. The minimum Gasteiger partial charge on any atom is -0.380 e. The molecular formula is C17H29NO. The Morgan fingerprint density at radius 2 is 1.63 bits per heavy atom. The minimum atomic E-state index is 0.383. The molecule has 1 N–H and O–H groups in total. The van der Waals surface area contributed by atoms with Crippen molar-refractivity contribution in [3.05, 3.63) is 35.9 Å². The first-order valence-electron chi connectivity index (χ1n) is 7.45. The second-order valence-electron chi connectivity index (χ2n) is 5.81. The zero-order chi connectivity index (χ0) is 14.3. The maximum absolute atomic E-state index is 5.61. The van der Waals surface area contributed by atoms with Crippen molar-refractivity contribution in [3.63, 3.8) is 0 Å². The Hall–Kier alpha value is -0.860. The summed E-state index contributed by atoms with van der Waals surface area (Å²) in [4.78, 5) is 0. The van der Waals surface area contributed by atoms with Crippen LogP contribution in [0.4, 0.5) is 0 Å². The number of hydrogen-bond donors (Lipinski definition) is 1. The molecule has 0 aromatic heterocycles. The van der Waals surface area contributed by atoms with Gasteiger partial charge in [0.05, 0.1) is 6.61 Å². The van der Waals surface area contributed by atoms with Crippen molar-refractivity contribution in [1.82, 2.24) is 5.32 Å². The molecule has 2 heteroatoms. The van der Waals surface area contributed by atoms with Crippen molar-refractivity contribution in [3.8, 4) is 0 Å². The van der Waals surface area contributed by atoms with E-state index in [2.05, 4.69) is 70.3 Å². The quantitative estimate of drug-likeness (QED) is 0.764. The standard InChI is InChI=1S/C17H29NO/c1-6-19-12-16(13(2)3)18-17(14(4)5)15-10-8-7-9-11-15/h7-11,13-14,16-18H,6,12H2,1-5H3. The topological polar surface area (TPSA) is 21.3 Å². The van der Waals surface area contributed by atoms with Gasteiger partial charge in [-0.25, -0.2) is 0 Å². The maximum atomic E-state index is 5.61. The van der Waals surface area contributed by atoms with Gasteiger partial charge in [-0.15, -0.1) is 0 Å². The van der Waals surface area contributed by atoms with Crippen molar-refractivity contribution >= 4 is 0 Å². The first kappa shape index (κ1) is 16.2. The van der Waals surface area contributed by atoms with Gasteiger partial charge >= 0.3 is 0 Å². The molecule has 2 nitrogen and oxygen atoms in total. The zero-order valence-electron chi connectivity index (χ0n) is 13.0. The summed E-state index contributed by atoms with van der Waals surface area (Å²) in [6.07, 6.45) is 0. The smallest absolute Gasteiger partial charge is 0.0622 e. The van der Waals surface area contributed by atoms with E-state index >= 15 is 0 Å². The molecule has 0 heterocycles. The fourth-order valence-electron chi connectivity index (χ4n) is 2.24. The van der Waals surface area contributed by atoms with E-state index in [4.69, 9.17) is 4.74 Å². The number of benzene rings is 1. The maximum Gasteiger partial charge on any atom is 0.0622 e. The fraction of sp³-hybridized carbons (Fsp3) is 0.647. The predicted octanol–water partition coefficient (Wildman–Crippen LogP) is 4.03. The van der Waals surface area contributed by atoms with Gasteiger partial charge in [0.2, 0.25) is 0 Å². The van der Waals surface area contributed by atoms with E-state index in [-0.39, 0.29) is 0 Å². The van der Waals surface area contributed by atoms with Crippen LogP contribution in [-0.2, 0) is 4.74 Å². The van der Waals surface area contributed by atoms with Crippen LogP contribution in [-0.4, -0.2) is 19.3 Å². The van der Waals surface area contributed by atoms with E-state index < -0.39 is 0 Å². The number of nitrogens with one attached hydrogen (secondary N) is 1. The molecule has 0 radical (unpaired) electrons. The van der Waals surface area contributed by atoms with Gasteiger partial charge in [0, 0.05) is 18.7 Å². The lowest BCUT2D eigenvalue weighted by Crippen LogP contribution is -2.42. The van der Waals surface area contributed by atoms with Gasteiger partial charge in [-0.1, -0.05) is 58.0 Å². The van der Waals surface area contributed by atoms with Gasteiger partial charge in [-0.05, 0) is 24.3 Å². The van der Waals surface area contributed by atoms with Crippen molar-refractivity contribution in [1.29, 1.82) is 0 Å². The molecule has 0 aliphatic heterocycles. The van der Waals surface area contributed by atoms with E-state index in [9.17, 15) is 0 Å². The molecule has 1 aromatic carbocycles. The highest BCUT2D eigenvalue weighted by atomic mass is 16.5. The molecule has 2 atom stereocenters. The Balaban J connectivity index is 2.76.